The van der Waals surface area contributed by atoms with E-state index >= 15 is 0 Å². The lowest BCUT2D eigenvalue weighted by Crippen LogP contribution is -2.36. The summed E-state index contributed by atoms with van der Waals surface area (Å²) in [5, 5.41) is 6.12. The molecule has 0 atom stereocenters. The summed E-state index contributed by atoms with van der Waals surface area (Å²) in [7, 11) is 0. The number of aryl methyl sites for hydroxylation is 2. The van der Waals surface area contributed by atoms with E-state index in [4.69, 9.17) is 0 Å². The Morgan fingerprint density at radius 1 is 0.826 bits per heavy atom. The molecule has 2 aliphatic rings. The molecule has 2 N–H and O–H groups in total. The Morgan fingerprint density at radius 2 is 1.35 bits per heavy atom. The molecule has 0 spiro atoms. The van der Waals surface area contributed by atoms with Crippen molar-refractivity contribution in [3.05, 3.63) is 29.3 Å². The average Bonchev–Trinajstić information content (AvgIpc) is 3.30. The van der Waals surface area contributed by atoms with Crippen molar-refractivity contribution in [2.24, 2.45) is 11.8 Å². The van der Waals surface area contributed by atoms with Gasteiger partial charge in [-0.2, -0.15) is 0 Å². The van der Waals surface area contributed by atoms with Crippen LogP contribution in [0.1, 0.15) is 49.7 Å². The first-order chi connectivity index (χ1) is 11.0. The van der Waals surface area contributed by atoms with Crippen LogP contribution in [0.15, 0.2) is 18.2 Å². The van der Waals surface area contributed by atoms with Crippen LogP contribution in [-0.2, 0) is 9.59 Å². The number of rotatable bonds is 4. The van der Waals surface area contributed by atoms with Crippen LogP contribution in [0, 0.1) is 25.7 Å². The van der Waals surface area contributed by atoms with Crippen molar-refractivity contribution >= 4 is 17.5 Å². The van der Waals surface area contributed by atoms with Crippen molar-refractivity contribution in [3.8, 4) is 0 Å². The smallest absolute Gasteiger partial charge is 0.227 e. The molecule has 0 radical (unpaired) electrons. The normalized spacial score (nSPS) is 24.1. The molecule has 0 unspecified atom stereocenters. The van der Waals surface area contributed by atoms with Crippen LogP contribution >= 0.6 is 0 Å². The van der Waals surface area contributed by atoms with Gasteiger partial charge in [-0.3, -0.25) is 9.59 Å². The SMILES string of the molecule is Cc1cc(C)cc(NC(=O)C2CCC(C(=O)NC3CC3)CC2)c1. The van der Waals surface area contributed by atoms with Crippen LogP contribution in [0.25, 0.3) is 0 Å². The van der Waals surface area contributed by atoms with Gasteiger partial charge in [-0.1, -0.05) is 6.07 Å². The lowest BCUT2D eigenvalue weighted by Gasteiger charge is -2.27. The van der Waals surface area contributed by atoms with Crippen LogP contribution in [0.2, 0.25) is 0 Å². The number of amides is 2. The molecule has 4 heteroatoms. The first kappa shape index (κ1) is 16.0. The van der Waals surface area contributed by atoms with Gasteiger partial charge < -0.3 is 10.6 Å². The summed E-state index contributed by atoms with van der Waals surface area (Å²) < 4.78 is 0. The lowest BCUT2D eigenvalue weighted by atomic mass is 9.81. The second-order valence-corrected chi connectivity index (χ2v) is 7.20. The number of nitrogens with one attached hydrogen (secondary N) is 2. The van der Waals surface area contributed by atoms with E-state index in [9.17, 15) is 9.59 Å². The summed E-state index contributed by atoms with van der Waals surface area (Å²) in [6, 6.07) is 6.52. The van der Waals surface area contributed by atoms with E-state index < -0.39 is 0 Å². The van der Waals surface area contributed by atoms with Crippen LogP contribution in [0.4, 0.5) is 5.69 Å². The van der Waals surface area contributed by atoms with E-state index in [1.54, 1.807) is 0 Å². The Balaban J connectivity index is 1.50. The van der Waals surface area contributed by atoms with Gasteiger partial charge in [0.25, 0.3) is 0 Å². The molecule has 1 aromatic rings. The first-order valence-corrected chi connectivity index (χ1v) is 8.71. The Morgan fingerprint density at radius 3 is 1.87 bits per heavy atom. The number of hydrogen-bond acceptors (Lipinski definition) is 2. The zero-order chi connectivity index (χ0) is 16.4. The molecular formula is C19H26N2O2. The average molecular weight is 314 g/mol. The number of hydrogen-bond donors (Lipinski definition) is 2. The molecule has 0 aromatic heterocycles. The minimum atomic E-state index is 0.0285. The van der Waals surface area contributed by atoms with Crippen molar-refractivity contribution in [2.75, 3.05) is 5.32 Å². The van der Waals surface area contributed by atoms with Crippen molar-refractivity contribution < 1.29 is 9.59 Å². The molecule has 2 aliphatic carbocycles. The monoisotopic (exact) mass is 314 g/mol. The summed E-state index contributed by atoms with van der Waals surface area (Å²) in [4.78, 5) is 24.5. The fraction of sp³-hybridized carbons (Fsp3) is 0.579. The molecule has 23 heavy (non-hydrogen) atoms. The fourth-order valence-electron chi connectivity index (χ4n) is 3.46. The minimum Gasteiger partial charge on any atom is -0.353 e. The van der Waals surface area contributed by atoms with Crippen LogP contribution in [0.5, 0.6) is 0 Å². The van der Waals surface area contributed by atoms with E-state index in [0.29, 0.717) is 6.04 Å². The molecular weight excluding hydrogens is 288 g/mol. The molecule has 2 amide bonds. The quantitative estimate of drug-likeness (QED) is 0.895. The summed E-state index contributed by atoms with van der Waals surface area (Å²) in [6.45, 7) is 4.07. The third-order valence-electron chi connectivity index (χ3n) is 4.88. The highest BCUT2D eigenvalue weighted by atomic mass is 16.2. The third-order valence-corrected chi connectivity index (χ3v) is 4.88. The zero-order valence-corrected chi connectivity index (χ0v) is 14.0. The van der Waals surface area contributed by atoms with Gasteiger partial charge in [0.15, 0.2) is 0 Å². The van der Waals surface area contributed by atoms with Gasteiger partial charge in [-0.25, -0.2) is 0 Å². The highest BCUT2D eigenvalue weighted by molar-refractivity contribution is 5.93. The third kappa shape index (κ3) is 4.34. The Hall–Kier alpha value is -1.84. The van der Waals surface area contributed by atoms with E-state index in [2.05, 4.69) is 16.7 Å². The molecule has 2 fully saturated rings. The Kier molecular flexibility index (Phi) is 4.69. The standard InChI is InChI=1S/C19H26N2O2/c1-12-9-13(2)11-17(10-12)21-19(23)15-5-3-14(4-6-15)18(22)20-16-7-8-16/h9-11,14-16H,3-8H2,1-2H3,(H,20,22)(H,21,23). The van der Waals surface area contributed by atoms with Gasteiger partial charge in [0, 0.05) is 23.6 Å². The van der Waals surface area contributed by atoms with Gasteiger partial charge in [-0.15, -0.1) is 0 Å². The van der Waals surface area contributed by atoms with E-state index in [1.165, 1.54) is 0 Å². The molecule has 4 nitrogen and oxygen atoms in total. The summed E-state index contributed by atoms with van der Waals surface area (Å²) in [5.41, 5.74) is 3.18. The molecule has 2 saturated carbocycles. The van der Waals surface area contributed by atoms with Crippen molar-refractivity contribution in [2.45, 2.75) is 58.4 Å². The summed E-state index contributed by atoms with van der Waals surface area (Å²) in [6.07, 6.45) is 5.50. The van der Waals surface area contributed by atoms with E-state index in [0.717, 1.165) is 55.3 Å². The number of carbonyl (C=O) groups is 2. The van der Waals surface area contributed by atoms with Crippen molar-refractivity contribution in [1.29, 1.82) is 0 Å². The maximum atomic E-state index is 12.4. The van der Waals surface area contributed by atoms with Crippen molar-refractivity contribution in [3.63, 3.8) is 0 Å². The van der Waals surface area contributed by atoms with Crippen molar-refractivity contribution in [1.82, 2.24) is 5.32 Å². The lowest BCUT2D eigenvalue weighted by molar-refractivity contribution is -0.128. The van der Waals surface area contributed by atoms with Gasteiger partial charge in [0.05, 0.1) is 0 Å². The first-order valence-electron chi connectivity index (χ1n) is 8.71. The second-order valence-electron chi connectivity index (χ2n) is 7.20. The predicted molar refractivity (Wildman–Crippen MR) is 91.2 cm³/mol. The summed E-state index contributed by atoms with van der Waals surface area (Å²) in [5.74, 6) is 0.415. The Labute approximate surface area is 138 Å². The molecule has 0 bridgehead atoms. The maximum absolute atomic E-state index is 12.4. The number of anilines is 1. The Bertz CT molecular complexity index is 579. The van der Waals surface area contributed by atoms with Gasteiger partial charge >= 0.3 is 0 Å². The van der Waals surface area contributed by atoms with Crippen LogP contribution in [0.3, 0.4) is 0 Å². The maximum Gasteiger partial charge on any atom is 0.227 e. The van der Waals surface area contributed by atoms with Gasteiger partial charge in [0.1, 0.15) is 0 Å². The molecule has 1 aromatic carbocycles. The molecule has 124 valence electrons. The van der Waals surface area contributed by atoms with Gasteiger partial charge in [-0.05, 0) is 75.6 Å². The van der Waals surface area contributed by atoms with E-state index in [1.807, 2.05) is 26.0 Å². The van der Waals surface area contributed by atoms with Crippen LogP contribution in [-0.4, -0.2) is 17.9 Å². The second kappa shape index (κ2) is 6.73. The minimum absolute atomic E-state index is 0.0285. The number of benzene rings is 1. The topological polar surface area (TPSA) is 58.2 Å². The summed E-state index contributed by atoms with van der Waals surface area (Å²) >= 11 is 0. The molecule has 0 saturated heterocycles. The fourth-order valence-corrected chi connectivity index (χ4v) is 3.46. The number of carbonyl (C=O) groups excluding carboxylic acids is 2. The molecule has 3 rings (SSSR count). The predicted octanol–water partition coefficient (Wildman–Crippen LogP) is 3.33. The largest absolute Gasteiger partial charge is 0.353 e. The van der Waals surface area contributed by atoms with Gasteiger partial charge in [0.2, 0.25) is 11.8 Å². The molecule has 0 heterocycles. The van der Waals surface area contributed by atoms with E-state index in [-0.39, 0.29) is 23.7 Å². The highest BCUT2D eigenvalue weighted by Gasteiger charge is 2.32. The zero-order valence-electron chi connectivity index (χ0n) is 14.0. The molecule has 0 aliphatic heterocycles. The highest BCUT2D eigenvalue weighted by Crippen LogP contribution is 2.31. The van der Waals surface area contributed by atoms with Crippen LogP contribution < -0.4 is 10.6 Å².